The summed E-state index contributed by atoms with van der Waals surface area (Å²) in [6.07, 6.45) is 0.447. The topological polar surface area (TPSA) is 93.7 Å². The number of hydrogen-bond acceptors (Lipinski definition) is 6. The van der Waals surface area contributed by atoms with Crippen LogP contribution in [0.25, 0.3) is 0 Å². The van der Waals surface area contributed by atoms with E-state index in [9.17, 15) is 18.8 Å². The first kappa shape index (κ1) is 26.5. The number of esters is 1. The van der Waals surface area contributed by atoms with Crippen LogP contribution in [0.3, 0.4) is 0 Å². The smallest absolute Gasteiger partial charge is 0.341 e. The van der Waals surface area contributed by atoms with Crippen LogP contribution >= 0.6 is 34.5 Å². The molecule has 0 saturated carbocycles. The Labute approximate surface area is 215 Å². The summed E-state index contributed by atoms with van der Waals surface area (Å²) in [5.41, 5.74) is 0.372. The van der Waals surface area contributed by atoms with Crippen molar-refractivity contribution in [1.82, 2.24) is 0 Å². The van der Waals surface area contributed by atoms with Gasteiger partial charge in [0.2, 0.25) is 5.91 Å². The van der Waals surface area contributed by atoms with Gasteiger partial charge in [0.25, 0.3) is 5.91 Å². The van der Waals surface area contributed by atoms with E-state index < -0.39 is 17.7 Å². The third-order valence-electron chi connectivity index (χ3n) is 4.82. The number of anilines is 2. The maximum atomic E-state index is 13.9. The summed E-state index contributed by atoms with van der Waals surface area (Å²) in [6.45, 7) is 1.77. The van der Waals surface area contributed by atoms with Gasteiger partial charge in [0.1, 0.15) is 16.6 Å². The summed E-state index contributed by atoms with van der Waals surface area (Å²) in [4.78, 5) is 37.8. The first-order valence-corrected chi connectivity index (χ1v) is 11.9. The average molecular weight is 539 g/mol. The van der Waals surface area contributed by atoms with Crippen LogP contribution in [0.5, 0.6) is 5.75 Å². The molecule has 0 unspecified atom stereocenters. The summed E-state index contributed by atoms with van der Waals surface area (Å²) in [6, 6.07) is 10.5. The molecule has 0 saturated heterocycles. The molecule has 7 nitrogen and oxygen atoms in total. The minimum atomic E-state index is -0.709. The zero-order valence-corrected chi connectivity index (χ0v) is 21.1. The highest BCUT2D eigenvalue weighted by atomic mass is 35.5. The second-order valence-electron chi connectivity index (χ2n) is 7.26. The highest BCUT2D eigenvalue weighted by Gasteiger charge is 2.26. The van der Waals surface area contributed by atoms with Crippen molar-refractivity contribution >= 4 is 63.0 Å². The van der Waals surface area contributed by atoms with Crippen molar-refractivity contribution in [2.24, 2.45) is 0 Å². The van der Waals surface area contributed by atoms with E-state index in [2.05, 4.69) is 10.6 Å². The lowest BCUT2D eigenvalue weighted by Crippen LogP contribution is -2.15. The van der Waals surface area contributed by atoms with Gasteiger partial charge in [0.05, 0.1) is 34.9 Å². The highest BCUT2D eigenvalue weighted by Crippen LogP contribution is 2.34. The lowest BCUT2D eigenvalue weighted by Gasteiger charge is -2.09. The fraction of sp³-hybridized carbons (Fsp3) is 0.208. The molecule has 2 aromatic carbocycles. The molecule has 11 heteroatoms. The zero-order valence-electron chi connectivity index (χ0n) is 18.7. The van der Waals surface area contributed by atoms with Crippen LogP contribution in [0.1, 0.15) is 38.4 Å². The fourth-order valence-corrected chi connectivity index (χ4v) is 4.67. The molecule has 1 aromatic heterocycles. The third kappa shape index (κ3) is 6.72. The quantitative estimate of drug-likeness (QED) is 0.245. The van der Waals surface area contributed by atoms with Gasteiger partial charge >= 0.3 is 5.97 Å². The Hall–Kier alpha value is -3.14. The Balaban J connectivity index is 1.67. The summed E-state index contributed by atoms with van der Waals surface area (Å²) in [7, 11) is 1.20. The molecule has 0 spiro atoms. The summed E-state index contributed by atoms with van der Waals surface area (Å²) in [5, 5.41) is 6.15. The molecule has 0 fully saturated rings. The molecule has 0 radical (unpaired) electrons. The number of carbonyl (C=O) groups excluding carboxylic acids is 3. The van der Waals surface area contributed by atoms with Crippen molar-refractivity contribution in [3.05, 3.63) is 74.3 Å². The molecule has 184 valence electrons. The number of thiophene rings is 1. The van der Waals surface area contributed by atoms with Crippen LogP contribution in [-0.4, -0.2) is 31.5 Å². The molecule has 0 aliphatic carbocycles. The van der Waals surface area contributed by atoms with Gasteiger partial charge in [-0.2, -0.15) is 0 Å². The number of para-hydroxylation sites is 1. The molecule has 3 aromatic rings. The first-order chi connectivity index (χ1) is 16.7. The Morgan fingerprint density at radius 3 is 2.51 bits per heavy atom. The number of rotatable bonds is 9. The van der Waals surface area contributed by atoms with E-state index >= 15 is 0 Å². The molecule has 1 heterocycles. The van der Waals surface area contributed by atoms with E-state index in [0.717, 1.165) is 11.3 Å². The monoisotopic (exact) mass is 538 g/mol. The molecule has 35 heavy (non-hydrogen) atoms. The minimum Gasteiger partial charge on any atom is -0.492 e. The second kappa shape index (κ2) is 12.0. The van der Waals surface area contributed by atoms with Crippen LogP contribution in [0.2, 0.25) is 10.0 Å². The molecule has 3 rings (SSSR count). The fourth-order valence-electron chi connectivity index (χ4n) is 3.10. The number of methoxy groups -OCH3 is 1. The van der Waals surface area contributed by atoms with Gasteiger partial charge in [-0.15, -0.1) is 11.3 Å². The SMILES string of the molecule is COC(=O)c1c(NC(=O)CCCOc2ccc(Cl)cc2Cl)sc(C(=O)Nc2ccccc2F)c1C. The number of ether oxygens (including phenoxy) is 2. The number of nitrogens with one attached hydrogen (secondary N) is 2. The maximum absolute atomic E-state index is 13.9. The molecular weight excluding hydrogens is 518 g/mol. The van der Waals surface area contributed by atoms with Gasteiger partial charge < -0.3 is 20.1 Å². The summed E-state index contributed by atoms with van der Waals surface area (Å²) in [5.74, 6) is -1.86. The van der Waals surface area contributed by atoms with Crippen molar-refractivity contribution in [2.45, 2.75) is 19.8 Å². The van der Waals surface area contributed by atoms with Crippen LogP contribution in [0, 0.1) is 12.7 Å². The minimum absolute atomic E-state index is 0.00343. The van der Waals surface area contributed by atoms with E-state index in [0.29, 0.717) is 27.8 Å². The number of halogens is 3. The average Bonchev–Trinajstić information content (AvgIpc) is 3.14. The zero-order chi connectivity index (χ0) is 25.5. The van der Waals surface area contributed by atoms with E-state index in [4.69, 9.17) is 32.7 Å². The van der Waals surface area contributed by atoms with Crippen LogP contribution in [0.15, 0.2) is 42.5 Å². The second-order valence-corrected chi connectivity index (χ2v) is 9.13. The lowest BCUT2D eigenvalue weighted by atomic mass is 10.1. The number of benzene rings is 2. The molecule has 0 aliphatic heterocycles. The molecular formula is C24H21Cl2FN2O5S. The maximum Gasteiger partial charge on any atom is 0.341 e. The molecule has 0 bridgehead atoms. The normalized spacial score (nSPS) is 10.5. The lowest BCUT2D eigenvalue weighted by molar-refractivity contribution is -0.116. The van der Waals surface area contributed by atoms with Gasteiger partial charge in [-0.05, 0) is 49.2 Å². The van der Waals surface area contributed by atoms with Gasteiger partial charge in [-0.1, -0.05) is 35.3 Å². The van der Waals surface area contributed by atoms with E-state index in [-0.39, 0.29) is 40.1 Å². The molecule has 2 N–H and O–H groups in total. The molecule has 0 atom stereocenters. The Morgan fingerprint density at radius 1 is 1.09 bits per heavy atom. The molecule has 2 amide bonds. The van der Waals surface area contributed by atoms with Crippen molar-refractivity contribution in [3.8, 4) is 5.75 Å². The van der Waals surface area contributed by atoms with Crippen LogP contribution in [0.4, 0.5) is 15.1 Å². The van der Waals surface area contributed by atoms with Crippen molar-refractivity contribution < 1.29 is 28.2 Å². The Bertz CT molecular complexity index is 1260. The predicted octanol–water partition coefficient (Wildman–Crippen LogP) is 6.34. The standard InChI is InChI=1S/C24H21Cl2FN2O5S/c1-13-20(24(32)33-2)23(35-21(13)22(31)28-17-7-4-3-6-16(17)27)29-19(30)8-5-11-34-18-10-9-14(25)12-15(18)26/h3-4,6-7,9-10,12H,5,8,11H2,1-2H3,(H,28,31)(H,29,30). The van der Waals surface area contributed by atoms with Crippen molar-refractivity contribution in [2.75, 3.05) is 24.4 Å². The number of hydrogen-bond donors (Lipinski definition) is 2. The van der Waals surface area contributed by atoms with E-state index in [1.54, 1.807) is 31.2 Å². The summed E-state index contributed by atoms with van der Waals surface area (Å²) >= 11 is 12.8. The number of amides is 2. The third-order valence-corrected chi connectivity index (χ3v) is 6.55. The van der Waals surface area contributed by atoms with E-state index in [1.165, 1.54) is 25.3 Å². The van der Waals surface area contributed by atoms with Crippen LogP contribution in [-0.2, 0) is 9.53 Å². The van der Waals surface area contributed by atoms with Gasteiger partial charge in [-0.25, -0.2) is 9.18 Å². The number of carbonyl (C=O) groups is 3. The van der Waals surface area contributed by atoms with Gasteiger partial charge in [0, 0.05) is 11.4 Å². The Morgan fingerprint density at radius 2 is 1.83 bits per heavy atom. The molecule has 0 aliphatic rings. The Kier molecular flexibility index (Phi) is 9.08. The summed E-state index contributed by atoms with van der Waals surface area (Å²) < 4.78 is 24.3. The first-order valence-electron chi connectivity index (χ1n) is 10.4. The largest absolute Gasteiger partial charge is 0.492 e. The van der Waals surface area contributed by atoms with E-state index in [1.807, 2.05) is 0 Å². The van der Waals surface area contributed by atoms with Crippen molar-refractivity contribution in [3.63, 3.8) is 0 Å². The van der Waals surface area contributed by atoms with Gasteiger partial charge in [0.15, 0.2) is 0 Å². The van der Waals surface area contributed by atoms with Crippen molar-refractivity contribution in [1.29, 1.82) is 0 Å². The predicted molar refractivity (Wildman–Crippen MR) is 135 cm³/mol. The van der Waals surface area contributed by atoms with Gasteiger partial charge in [-0.3, -0.25) is 9.59 Å². The highest BCUT2D eigenvalue weighted by molar-refractivity contribution is 7.18. The van der Waals surface area contributed by atoms with Crippen LogP contribution < -0.4 is 15.4 Å².